The zero-order chi connectivity index (χ0) is 17.8. The Labute approximate surface area is 164 Å². The third-order valence-corrected chi connectivity index (χ3v) is 5.35. The van der Waals surface area contributed by atoms with Crippen LogP contribution in [0.4, 0.5) is 0 Å². The number of hydrogen-bond acceptors (Lipinski definition) is 4. The number of thioether (sulfide) groups is 1. The first-order valence-corrected chi connectivity index (χ1v) is 9.93. The predicted octanol–water partition coefficient (Wildman–Crippen LogP) is 6.46. The fourth-order valence-corrected chi connectivity index (χ4v) is 3.69. The maximum absolute atomic E-state index is 5.80. The molecule has 3 nitrogen and oxygen atoms in total. The maximum Gasteiger partial charge on any atom is 0.277 e. The van der Waals surface area contributed by atoms with Gasteiger partial charge in [-0.25, -0.2) is 0 Å². The van der Waals surface area contributed by atoms with Gasteiger partial charge < -0.3 is 4.42 Å². The van der Waals surface area contributed by atoms with Crippen molar-refractivity contribution in [2.75, 3.05) is 0 Å². The van der Waals surface area contributed by atoms with Crippen LogP contribution in [0.1, 0.15) is 5.56 Å². The van der Waals surface area contributed by atoms with Gasteiger partial charge in [0.25, 0.3) is 5.22 Å². The van der Waals surface area contributed by atoms with E-state index in [0.29, 0.717) is 11.1 Å². The van der Waals surface area contributed by atoms with E-state index in [9.17, 15) is 0 Å². The molecule has 0 N–H and O–H groups in total. The highest BCUT2D eigenvalue weighted by atomic mass is 79.9. The van der Waals surface area contributed by atoms with Crippen molar-refractivity contribution in [2.24, 2.45) is 0 Å². The highest BCUT2D eigenvalue weighted by Crippen LogP contribution is 2.30. The Morgan fingerprint density at radius 1 is 0.769 bits per heavy atom. The Bertz CT molecular complexity index is 1000. The molecule has 3 aromatic carbocycles. The summed E-state index contributed by atoms with van der Waals surface area (Å²) >= 11 is 4.98. The summed E-state index contributed by atoms with van der Waals surface area (Å²) in [6.45, 7) is 0. The molecule has 0 saturated heterocycles. The quantitative estimate of drug-likeness (QED) is 0.346. The van der Waals surface area contributed by atoms with Gasteiger partial charge in [-0.2, -0.15) is 0 Å². The van der Waals surface area contributed by atoms with E-state index >= 15 is 0 Å². The van der Waals surface area contributed by atoms with Crippen molar-refractivity contribution in [1.82, 2.24) is 10.2 Å². The summed E-state index contributed by atoms with van der Waals surface area (Å²) in [5.41, 5.74) is 4.60. The van der Waals surface area contributed by atoms with Crippen molar-refractivity contribution in [1.29, 1.82) is 0 Å². The molecule has 26 heavy (non-hydrogen) atoms. The van der Waals surface area contributed by atoms with Crippen LogP contribution >= 0.6 is 27.7 Å². The summed E-state index contributed by atoms with van der Waals surface area (Å²) in [5, 5.41) is 8.90. The number of hydrogen-bond donors (Lipinski definition) is 0. The Morgan fingerprint density at radius 2 is 1.50 bits per heavy atom. The molecule has 5 heteroatoms. The van der Waals surface area contributed by atoms with Crippen molar-refractivity contribution >= 4 is 27.7 Å². The summed E-state index contributed by atoms with van der Waals surface area (Å²) in [7, 11) is 0. The molecule has 1 heterocycles. The van der Waals surface area contributed by atoms with Gasteiger partial charge in [-0.1, -0.05) is 82.3 Å². The van der Waals surface area contributed by atoms with Crippen LogP contribution in [0.25, 0.3) is 22.6 Å². The van der Waals surface area contributed by atoms with E-state index in [1.54, 1.807) is 11.8 Å². The van der Waals surface area contributed by atoms with Gasteiger partial charge in [0.2, 0.25) is 5.89 Å². The summed E-state index contributed by atoms with van der Waals surface area (Å²) in [6.07, 6.45) is 0. The van der Waals surface area contributed by atoms with Gasteiger partial charge in [-0.3, -0.25) is 0 Å². The third-order valence-electron chi connectivity index (χ3n) is 3.95. The molecular weight excluding hydrogens is 408 g/mol. The molecule has 0 amide bonds. The first kappa shape index (κ1) is 17.1. The van der Waals surface area contributed by atoms with E-state index in [1.807, 2.05) is 30.3 Å². The second kappa shape index (κ2) is 7.89. The molecule has 0 fully saturated rings. The second-order valence-corrected chi connectivity index (χ2v) is 7.53. The minimum Gasteiger partial charge on any atom is -0.411 e. The summed E-state index contributed by atoms with van der Waals surface area (Å²) in [6, 6.07) is 26.6. The SMILES string of the molecule is Brc1ccc(-c2nnc(SCc3ccccc3-c3ccccc3)o2)cc1. The Kier molecular flexibility index (Phi) is 5.18. The molecule has 0 saturated carbocycles. The molecule has 0 atom stereocenters. The molecular formula is C21H15BrN2OS. The monoisotopic (exact) mass is 422 g/mol. The van der Waals surface area contributed by atoms with Crippen molar-refractivity contribution in [3.63, 3.8) is 0 Å². The molecule has 0 aliphatic heterocycles. The van der Waals surface area contributed by atoms with Crippen LogP contribution in [-0.4, -0.2) is 10.2 Å². The molecule has 0 unspecified atom stereocenters. The van der Waals surface area contributed by atoms with Crippen LogP contribution in [0.5, 0.6) is 0 Å². The lowest BCUT2D eigenvalue weighted by atomic mass is 10.0. The van der Waals surface area contributed by atoms with Crippen LogP contribution in [0, 0.1) is 0 Å². The van der Waals surface area contributed by atoms with Gasteiger partial charge in [0.05, 0.1) is 0 Å². The average molecular weight is 423 g/mol. The molecule has 0 aliphatic rings. The van der Waals surface area contributed by atoms with Gasteiger partial charge in [0.1, 0.15) is 0 Å². The largest absolute Gasteiger partial charge is 0.411 e. The molecule has 4 rings (SSSR count). The Morgan fingerprint density at radius 3 is 2.31 bits per heavy atom. The molecule has 4 aromatic rings. The second-order valence-electron chi connectivity index (χ2n) is 5.69. The number of halogens is 1. The minimum absolute atomic E-state index is 0.538. The van der Waals surface area contributed by atoms with Crippen LogP contribution in [0.15, 0.2) is 93.0 Å². The Balaban J connectivity index is 1.51. The molecule has 1 aromatic heterocycles. The lowest BCUT2D eigenvalue weighted by Gasteiger charge is -2.08. The van der Waals surface area contributed by atoms with Gasteiger partial charge in [0.15, 0.2) is 0 Å². The highest BCUT2D eigenvalue weighted by Gasteiger charge is 2.11. The van der Waals surface area contributed by atoms with E-state index < -0.39 is 0 Å². The van der Waals surface area contributed by atoms with Crippen molar-refractivity contribution in [3.05, 3.63) is 88.9 Å². The topological polar surface area (TPSA) is 38.9 Å². The van der Waals surface area contributed by atoms with E-state index in [4.69, 9.17) is 4.42 Å². The van der Waals surface area contributed by atoms with Crippen molar-refractivity contribution < 1.29 is 4.42 Å². The molecule has 0 bridgehead atoms. The highest BCUT2D eigenvalue weighted by molar-refractivity contribution is 9.10. The smallest absolute Gasteiger partial charge is 0.277 e. The van der Waals surface area contributed by atoms with Gasteiger partial charge in [-0.05, 0) is 41.0 Å². The number of rotatable bonds is 5. The van der Waals surface area contributed by atoms with Crippen molar-refractivity contribution in [3.8, 4) is 22.6 Å². The van der Waals surface area contributed by atoms with E-state index in [0.717, 1.165) is 15.8 Å². The number of aromatic nitrogens is 2. The lowest BCUT2D eigenvalue weighted by Crippen LogP contribution is -1.87. The van der Waals surface area contributed by atoms with Gasteiger partial charge in [-0.15, -0.1) is 10.2 Å². The first-order valence-electron chi connectivity index (χ1n) is 8.15. The first-order chi connectivity index (χ1) is 12.8. The fourth-order valence-electron chi connectivity index (χ4n) is 2.66. The zero-order valence-corrected chi connectivity index (χ0v) is 16.2. The Hall–Kier alpha value is -2.37. The summed E-state index contributed by atoms with van der Waals surface area (Å²) in [5.74, 6) is 1.31. The molecule has 0 radical (unpaired) electrons. The van der Waals surface area contributed by atoms with E-state index in [2.05, 4.69) is 74.7 Å². The summed E-state index contributed by atoms with van der Waals surface area (Å²) < 4.78 is 6.82. The molecule has 0 spiro atoms. The van der Waals surface area contributed by atoms with E-state index in [1.165, 1.54) is 16.7 Å². The fraction of sp³-hybridized carbons (Fsp3) is 0.0476. The van der Waals surface area contributed by atoms with Gasteiger partial charge in [0, 0.05) is 15.8 Å². The molecule has 0 aliphatic carbocycles. The predicted molar refractivity (Wildman–Crippen MR) is 109 cm³/mol. The average Bonchev–Trinajstić information content (AvgIpc) is 3.17. The number of nitrogens with zero attached hydrogens (tertiary/aromatic N) is 2. The standard InChI is InChI=1S/C21H15BrN2OS/c22-18-12-10-16(11-13-18)20-23-24-21(25-20)26-14-17-8-4-5-9-19(17)15-6-2-1-3-7-15/h1-13H,14H2. The van der Waals surface area contributed by atoms with Crippen LogP contribution in [0.3, 0.4) is 0 Å². The normalized spacial score (nSPS) is 10.8. The summed E-state index contributed by atoms with van der Waals surface area (Å²) in [4.78, 5) is 0. The number of benzene rings is 3. The van der Waals surface area contributed by atoms with E-state index in [-0.39, 0.29) is 0 Å². The van der Waals surface area contributed by atoms with Gasteiger partial charge >= 0.3 is 0 Å². The lowest BCUT2D eigenvalue weighted by molar-refractivity contribution is 0.466. The third kappa shape index (κ3) is 3.89. The zero-order valence-electron chi connectivity index (χ0n) is 13.8. The van der Waals surface area contributed by atoms with Crippen LogP contribution in [-0.2, 0) is 5.75 Å². The minimum atomic E-state index is 0.538. The molecule has 128 valence electrons. The maximum atomic E-state index is 5.80. The van der Waals surface area contributed by atoms with Crippen molar-refractivity contribution in [2.45, 2.75) is 11.0 Å². The van der Waals surface area contributed by atoms with Crippen LogP contribution in [0.2, 0.25) is 0 Å². The van der Waals surface area contributed by atoms with Crippen LogP contribution < -0.4 is 0 Å².